The van der Waals surface area contributed by atoms with E-state index in [9.17, 15) is 0 Å². The van der Waals surface area contributed by atoms with Crippen LogP contribution in [0.2, 0.25) is 0 Å². The molecule has 4 heteroatoms. The largest absolute Gasteiger partial charge is 0.426 e. The molecule has 1 atom stereocenters. The van der Waals surface area contributed by atoms with Crippen LogP contribution in [0, 0.1) is 0 Å². The molecule has 1 aromatic rings. The summed E-state index contributed by atoms with van der Waals surface area (Å²) in [5.74, 6) is 0.725. The predicted octanol–water partition coefficient (Wildman–Crippen LogP) is 2.52. The van der Waals surface area contributed by atoms with Crippen molar-refractivity contribution in [3.63, 3.8) is 0 Å². The number of nitrogens with one attached hydrogen (secondary N) is 1. The predicted molar refractivity (Wildman–Crippen MR) is 60.5 cm³/mol. The van der Waals surface area contributed by atoms with Crippen molar-refractivity contribution in [2.24, 2.45) is 4.99 Å². The number of hydrogen-bond donors (Lipinski definition) is 1. The summed E-state index contributed by atoms with van der Waals surface area (Å²) in [4.78, 5) is 4.31. The molecule has 1 N–H and O–H groups in total. The molecule has 0 aliphatic carbocycles. The van der Waals surface area contributed by atoms with Gasteiger partial charge in [0.15, 0.2) is 5.90 Å². The lowest BCUT2D eigenvalue weighted by Crippen LogP contribution is -2.45. The number of para-hydroxylation sites is 1. The van der Waals surface area contributed by atoms with Gasteiger partial charge in [-0.15, -0.1) is 0 Å². The zero-order valence-corrected chi connectivity index (χ0v) is 8.97. The Labute approximate surface area is 87.6 Å². The van der Waals surface area contributed by atoms with Crippen LogP contribution in [0.1, 0.15) is 6.92 Å². The number of anilines is 1. The van der Waals surface area contributed by atoms with E-state index in [1.54, 1.807) is 0 Å². The standard InChI is InChI=1S/C10H12N2OS/c1-8-11-10(13-8,14-2)12-9-6-4-3-5-7-9/h3-7,12H,1-2H3. The van der Waals surface area contributed by atoms with E-state index >= 15 is 0 Å². The molecule has 0 aromatic heterocycles. The van der Waals surface area contributed by atoms with Gasteiger partial charge in [-0.05, 0) is 18.4 Å². The van der Waals surface area contributed by atoms with Crippen LogP contribution >= 0.6 is 11.8 Å². The van der Waals surface area contributed by atoms with Gasteiger partial charge in [-0.1, -0.05) is 30.0 Å². The number of thioether (sulfide) groups is 1. The molecule has 1 aliphatic rings. The number of ether oxygens (including phenoxy) is 1. The lowest BCUT2D eigenvalue weighted by Gasteiger charge is -2.36. The summed E-state index contributed by atoms with van der Waals surface area (Å²) < 4.78 is 5.48. The molecule has 0 spiro atoms. The molecule has 0 fully saturated rings. The molecule has 1 aliphatic heterocycles. The second-order valence-electron chi connectivity index (χ2n) is 3.01. The number of benzene rings is 1. The molecule has 14 heavy (non-hydrogen) atoms. The molecule has 1 heterocycles. The van der Waals surface area contributed by atoms with Crippen LogP contribution in [-0.2, 0) is 4.74 Å². The fraction of sp³-hybridized carbons (Fsp3) is 0.300. The minimum Gasteiger partial charge on any atom is -0.426 e. The maximum Gasteiger partial charge on any atom is 0.335 e. The minimum atomic E-state index is -0.606. The van der Waals surface area contributed by atoms with Gasteiger partial charge < -0.3 is 10.1 Å². The van der Waals surface area contributed by atoms with Gasteiger partial charge in [0.25, 0.3) is 0 Å². The van der Waals surface area contributed by atoms with Crippen molar-refractivity contribution in [1.29, 1.82) is 0 Å². The molecule has 3 nitrogen and oxygen atoms in total. The number of rotatable bonds is 3. The fourth-order valence-electron chi connectivity index (χ4n) is 1.31. The van der Waals surface area contributed by atoms with E-state index in [2.05, 4.69) is 10.3 Å². The first-order valence-electron chi connectivity index (χ1n) is 4.38. The second-order valence-corrected chi connectivity index (χ2v) is 3.97. The first kappa shape index (κ1) is 9.40. The molecule has 2 rings (SSSR count). The fourth-order valence-corrected chi connectivity index (χ4v) is 1.95. The molecular formula is C10H12N2OS. The third-order valence-corrected chi connectivity index (χ3v) is 2.77. The highest BCUT2D eigenvalue weighted by Gasteiger charge is 2.38. The van der Waals surface area contributed by atoms with Crippen LogP contribution in [-0.4, -0.2) is 17.3 Å². The van der Waals surface area contributed by atoms with Gasteiger partial charge in [0.1, 0.15) is 0 Å². The first-order valence-corrected chi connectivity index (χ1v) is 5.60. The SMILES string of the molecule is CSC1(Nc2ccccc2)N=C(C)O1. The highest BCUT2D eigenvalue weighted by atomic mass is 32.2. The first-order chi connectivity index (χ1) is 6.74. The Morgan fingerprint density at radius 3 is 2.50 bits per heavy atom. The number of aliphatic imine (C=N–C) groups is 1. The van der Waals surface area contributed by atoms with E-state index in [1.165, 1.54) is 11.8 Å². The Bertz CT molecular complexity index is 352. The monoisotopic (exact) mass is 208 g/mol. The van der Waals surface area contributed by atoms with Crippen LogP contribution in [0.4, 0.5) is 5.69 Å². The summed E-state index contributed by atoms with van der Waals surface area (Å²) in [5.41, 5.74) is 1.01. The van der Waals surface area contributed by atoms with Gasteiger partial charge in [-0.2, -0.15) is 4.99 Å². The highest BCUT2D eigenvalue weighted by molar-refractivity contribution is 8.00. The average molecular weight is 208 g/mol. The molecule has 0 saturated carbocycles. The zero-order valence-electron chi connectivity index (χ0n) is 8.15. The third-order valence-electron chi connectivity index (χ3n) is 1.94. The van der Waals surface area contributed by atoms with Gasteiger partial charge in [-0.25, -0.2) is 0 Å². The summed E-state index contributed by atoms with van der Waals surface area (Å²) in [5, 5.41) is 2.62. The lowest BCUT2D eigenvalue weighted by molar-refractivity contribution is 0.135. The minimum absolute atomic E-state index is 0.606. The van der Waals surface area contributed by atoms with E-state index in [0.29, 0.717) is 0 Å². The van der Waals surface area contributed by atoms with Crippen molar-refractivity contribution >= 4 is 23.3 Å². The molecule has 0 radical (unpaired) electrons. The lowest BCUT2D eigenvalue weighted by atomic mass is 10.3. The maximum absolute atomic E-state index is 5.48. The summed E-state index contributed by atoms with van der Waals surface area (Å²) in [7, 11) is 0. The topological polar surface area (TPSA) is 33.6 Å². The Morgan fingerprint density at radius 1 is 1.36 bits per heavy atom. The Kier molecular flexibility index (Phi) is 2.37. The van der Waals surface area contributed by atoms with Crippen LogP contribution in [0.5, 0.6) is 0 Å². The smallest absolute Gasteiger partial charge is 0.335 e. The number of hydrogen-bond acceptors (Lipinski definition) is 4. The van der Waals surface area contributed by atoms with Crippen molar-refractivity contribution in [3.8, 4) is 0 Å². The van der Waals surface area contributed by atoms with E-state index in [4.69, 9.17) is 4.74 Å². The van der Waals surface area contributed by atoms with Crippen LogP contribution < -0.4 is 5.32 Å². The Hall–Kier alpha value is -1.16. The molecule has 0 amide bonds. The quantitative estimate of drug-likeness (QED) is 0.775. The number of nitrogens with zero attached hydrogens (tertiary/aromatic N) is 1. The maximum atomic E-state index is 5.48. The molecule has 74 valence electrons. The van der Waals surface area contributed by atoms with E-state index < -0.39 is 5.18 Å². The van der Waals surface area contributed by atoms with Crippen molar-refractivity contribution in [1.82, 2.24) is 0 Å². The average Bonchev–Trinajstić information content (AvgIpc) is 2.16. The molecule has 0 bridgehead atoms. The molecule has 1 aromatic carbocycles. The summed E-state index contributed by atoms with van der Waals surface area (Å²) >= 11 is 1.54. The van der Waals surface area contributed by atoms with Gasteiger partial charge >= 0.3 is 5.18 Å². The van der Waals surface area contributed by atoms with Crippen molar-refractivity contribution in [2.45, 2.75) is 12.1 Å². The summed E-state index contributed by atoms with van der Waals surface area (Å²) in [6, 6.07) is 9.92. The Morgan fingerprint density at radius 2 is 2.00 bits per heavy atom. The van der Waals surface area contributed by atoms with Crippen molar-refractivity contribution < 1.29 is 4.74 Å². The van der Waals surface area contributed by atoms with Gasteiger partial charge in [-0.3, -0.25) is 0 Å². The summed E-state index contributed by atoms with van der Waals surface area (Å²) in [6.45, 7) is 1.85. The van der Waals surface area contributed by atoms with E-state index in [0.717, 1.165) is 11.6 Å². The second kappa shape index (κ2) is 3.53. The van der Waals surface area contributed by atoms with Crippen LogP contribution in [0.3, 0.4) is 0 Å². The molecule has 1 unspecified atom stereocenters. The van der Waals surface area contributed by atoms with Crippen molar-refractivity contribution in [2.75, 3.05) is 11.6 Å². The zero-order chi connectivity index (χ0) is 10.0. The highest BCUT2D eigenvalue weighted by Crippen LogP contribution is 2.34. The Balaban J connectivity index is 2.11. The van der Waals surface area contributed by atoms with Gasteiger partial charge in [0.2, 0.25) is 0 Å². The normalized spacial score (nSPS) is 24.6. The van der Waals surface area contributed by atoms with E-state index in [1.807, 2.05) is 43.5 Å². The van der Waals surface area contributed by atoms with Gasteiger partial charge in [0.05, 0.1) is 0 Å². The molecular weight excluding hydrogens is 196 g/mol. The van der Waals surface area contributed by atoms with Crippen LogP contribution in [0.25, 0.3) is 0 Å². The molecule has 0 saturated heterocycles. The summed E-state index contributed by atoms with van der Waals surface area (Å²) in [6.07, 6.45) is 1.96. The van der Waals surface area contributed by atoms with Crippen LogP contribution in [0.15, 0.2) is 35.3 Å². The third kappa shape index (κ3) is 1.70. The van der Waals surface area contributed by atoms with E-state index in [-0.39, 0.29) is 0 Å². The van der Waals surface area contributed by atoms with Crippen molar-refractivity contribution in [3.05, 3.63) is 30.3 Å². The van der Waals surface area contributed by atoms with Gasteiger partial charge in [0, 0.05) is 12.6 Å².